The Labute approximate surface area is 99.7 Å². The highest BCUT2D eigenvalue weighted by Crippen LogP contribution is 2.16. The molecule has 0 saturated carbocycles. The predicted molar refractivity (Wildman–Crippen MR) is 69.2 cm³/mol. The molecule has 0 spiro atoms. The van der Waals surface area contributed by atoms with E-state index in [2.05, 4.69) is 10.9 Å². The quantitative estimate of drug-likeness (QED) is 0.680. The van der Waals surface area contributed by atoms with Gasteiger partial charge < -0.3 is 0 Å². The normalized spacial score (nSPS) is 9.31. The van der Waals surface area contributed by atoms with Crippen LogP contribution < -0.4 is 0 Å². The molecule has 0 aliphatic carbocycles. The summed E-state index contributed by atoms with van der Waals surface area (Å²) in [6.45, 7) is 0. The summed E-state index contributed by atoms with van der Waals surface area (Å²) in [5, 5.41) is 0.518. The van der Waals surface area contributed by atoms with E-state index in [0.29, 0.717) is 5.03 Å². The zero-order valence-corrected chi connectivity index (χ0v) is 9.35. The van der Waals surface area contributed by atoms with Crippen LogP contribution in [0, 0.1) is 0 Å². The summed E-state index contributed by atoms with van der Waals surface area (Å²) in [5.41, 5.74) is 1.76. The highest BCUT2D eigenvalue weighted by atomic mass is 35.5. The Morgan fingerprint density at radius 2 is 1.44 bits per heavy atom. The third-order valence-electron chi connectivity index (χ3n) is 2.07. The first kappa shape index (κ1) is 10.7. The molecular weight excluding hydrogens is 218 g/mol. The molecule has 2 heteroatoms. The van der Waals surface area contributed by atoms with Gasteiger partial charge in [0.15, 0.2) is 0 Å². The van der Waals surface area contributed by atoms with Crippen LogP contribution in [-0.2, 0) is 0 Å². The standard InChI is InChI=1S/C14H10ClN/c15-14(12-7-3-1-4-8-12)11-16-13-9-5-2-6-10-13/h1-10H. The number of aliphatic imine (C=N–C) groups is 1. The van der Waals surface area contributed by atoms with Crippen molar-refractivity contribution in [2.75, 3.05) is 0 Å². The van der Waals surface area contributed by atoms with Crippen molar-refractivity contribution >= 4 is 28.2 Å². The first-order valence-corrected chi connectivity index (χ1v) is 5.34. The molecule has 2 aromatic rings. The lowest BCUT2D eigenvalue weighted by Gasteiger charge is -1.93. The van der Waals surface area contributed by atoms with Crippen LogP contribution in [0.5, 0.6) is 0 Å². The van der Waals surface area contributed by atoms with Crippen molar-refractivity contribution in [3.8, 4) is 0 Å². The summed E-state index contributed by atoms with van der Waals surface area (Å²) in [4.78, 5) is 4.16. The summed E-state index contributed by atoms with van der Waals surface area (Å²) in [7, 11) is 0. The molecule has 0 aliphatic heterocycles. The molecule has 1 nitrogen and oxygen atoms in total. The molecule has 0 aromatic heterocycles. The maximum atomic E-state index is 6.07. The van der Waals surface area contributed by atoms with Crippen molar-refractivity contribution in [3.63, 3.8) is 0 Å². The number of hydrogen-bond donors (Lipinski definition) is 0. The summed E-state index contributed by atoms with van der Waals surface area (Å²) >= 11 is 6.07. The third-order valence-corrected chi connectivity index (χ3v) is 2.37. The fraction of sp³-hybridized carbons (Fsp3) is 0. The number of benzene rings is 2. The number of rotatable bonds is 2. The minimum absolute atomic E-state index is 0.518. The fourth-order valence-corrected chi connectivity index (χ4v) is 1.43. The maximum Gasteiger partial charge on any atom is 0.109 e. The van der Waals surface area contributed by atoms with Gasteiger partial charge in [-0.15, -0.1) is 0 Å². The molecule has 0 aliphatic rings. The number of halogens is 1. The van der Waals surface area contributed by atoms with Crippen LogP contribution in [-0.4, -0.2) is 5.87 Å². The molecule has 0 radical (unpaired) electrons. The Morgan fingerprint density at radius 3 is 2.06 bits per heavy atom. The van der Waals surface area contributed by atoms with E-state index in [-0.39, 0.29) is 0 Å². The van der Waals surface area contributed by atoms with Crippen LogP contribution in [0.25, 0.3) is 5.03 Å². The maximum absolute atomic E-state index is 6.07. The second-order valence-electron chi connectivity index (χ2n) is 3.24. The van der Waals surface area contributed by atoms with E-state index in [1.807, 2.05) is 60.7 Å². The summed E-state index contributed by atoms with van der Waals surface area (Å²) < 4.78 is 0. The van der Waals surface area contributed by atoms with Crippen molar-refractivity contribution in [2.45, 2.75) is 0 Å². The van der Waals surface area contributed by atoms with Gasteiger partial charge in [0.05, 0.1) is 5.69 Å². The van der Waals surface area contributed by atoms with Crippen molar-refractivity contribution in [1.29, 1.82) is 0 Å². The van der Waals surface area contributed by atoms with Gasteiger partial charge in [-0.05, 0) is 12.1 Å². The number of hydrogen-bond acceptors (Lipinski definition) is 1. The van der Waals surface area contributed by atoms with Gasteiger partial charge in [-0.25, -0.2) is 4.99 Å². The zero-order valence-electron chi connectivity index (χ0n) is 8.60. The van der Waals surface area contributed by atoms with Gasteiger partial charge in [0.2, 0.25) is 0 Å². The fourth-order valence-electron chi connectivity index (χ4n) is 1.27. The average Bonchev–Trinajstić information content (AvgIpc) is 2.38. The van der Waals surface area contributed by atoms with E-state index in [1.165, 1.54) is 0 Å². The van der Waals surface area contributed by atoms with Gasteiger partial charge in [0.25, 0.3) is 0 Å². The van der Waals surface area contributed by atoms with Crippen LogP contribution >= 0.6 is 11.6 Å². The Kier molecular flexibility index (Phi) is 3.55. The highest BCUT2D eigenvalue weighted by Gasteiger charge is 1.94. The van der Waals surface area contributed by atoms with Gasteiger partial charge in [-0.3, -0.25) is 0 Å². The smallest absolute Gasteiger partial charge is 0.109 e. The molecule has 2 rings (SSSR count). The van der Waals surface area contributed by atoms with Crippen molar-refractivity contribution < 1.29 is 0 Å². The molecule has 0 atom stereocenters. The van der Waals surface area contributed by atoms with Crippen molar-refractivity contribution in [3.05, 3.63) is 66.2 Å². The Balaban J connectivity index is 2.29. The first-order valence-electron chi connectivity index (χ1n) is 4.96. The molecule has 0 amide bonds. The Bertz CT molecular complexity index is 511. The molecule has 0 saturated heterocycles. The Morgan fingerprint density at radius 1 is 0.875 bits per heavy atom. The van der Waals surface area contributed by atoms with Crippen LogP contribution in [0.15, 0.2) is 65.7 Å². The van der Waals surface area contributed by atoms with Crippen LogP contribution in [0.2, 0.25) is 0 Å². The number of para-hydroxylation sites is 1. The number of nitrogens with zero attached hydrogens (tertiary/aromatic N) is 1. The van der Waals surface area contributed by atoms with E-state index >= 15 is 0 Å². The van der Waals surface area contributed by atoms with Gasteiger partial charge >= 0.3 is 0 Å². The molecule has 0 unspecified atom stereocenters. The topological polar surface area (TPSA) is 12.4 Å². The molecule has 0 N–H and O–H groups in total. The van der Waals surface area contributed by atoms with Gasteiger partial charge in [0, 0.05) is 11.4 Å². The molecular formula is C14H10ClN. The predicted octanol–water partition coefficient (Wildman–Crippen LogP) is 4.27. The second kappa shape index (κ2) is 5.32. The third kappa shape index (κ3) is 2.83. The lowest BCUT2D eigenvalue weighted by atomic mass is 10.2. The van der Waals surface area contributed by atoms with Gasteiger partial charge in [-0.1, -0.05) is 60.1 Å². The van der Waals surface area contributed by atoms with E-state index in [4.69, 9.17) is 11.6 Å². The minimum atomic E-state index is 0.518. The lowest BCUT2D eigenvalue weighted by Crippen LogP contribution is -1.75. The molecule has 16 heavy (non-hydrogen) atoms. The SMILES string of the molecule is ClC(=C=Nc1ccccc1)c1ccccc1. The van der Waals surface area contributed by atoms with Crippen LogP contribution in [0.4, 0.5) is 5.69 Å². The molecule has 0 fully saturated rings. The van der Waals surface area contributed by atoms with Gasteiger partial charge in [0.1, 0.15) is 5.03 Å². The van der Waals surface area contributed by atoms with Crippen molar-refractivity contribution in [2.24, 2.45) is 4.99 Å². The van der Waals surface area contributed by atoms with Crippen LogP contribution in [0.1, 0.15) is 5.56 Å². The van der Waals surface area contributed by atoms with Crippen LogP contribution in [0.3, 0.4) is 0 Å². The molecule has 0 heterocycles. The van der Waals surface area contributed by atoms with E-state index < -0.39 is 0 Å². The second-order valence-corrected chi connectivity index (χ2v) is 3.62. The van der Waals surface area contributed by atoms with Crippen molar-refractivity contribution in [1.82, 2.24) is 0 Å². The summed E-state index contributed by atoms with van der Waals surface area (Å²) in [6.07, 6.45) is 0. The van der Waals surface area contributed by atoms with E-state index in [1.54, 1.807) is 0 Å². The summed E-state index contributed by atoms with van der Waals surface area (Å²) in [5.74, 6) is 2.82. The molecule has 78 valence electrons. The highest BCUT2D eigenvalue weighted by molar-refractivity contribution is 6.53. The molecule has 0 bridgehead atoms. The molecule has 2 aromatic carbocycles. The average molecular weight is 228 g/mol. The minimum Gasteiger partial charge on any atom is -0.205 e. The summed E-state index contributed by atoms with van der Waals surface area (Å²) in [6, 6.07) is 19.3. The lowest BCUT2D eigenvalue weighted by molar-refractivity contribution is 1.55. The van der Waals surface area contributed by atoms with Gasteiger partial charge in [-0.2, -0.15) is 0 Å². The van der Waals surface area contributed by atoms with E-state index in [9.17, 15) is 0 Å². The Hall–Kier alpha value is -1.82. The largest absolute Gasteiger partial charge is 0.205 e. The monoisotopic (exact) mass is 227 g/mol. The first-order chi connectivity index (χ1) is 7.86. The van der Waals surface area contributed by atoms with E-state index in [0.717, 1.165) is 11.3 Å². The zero-order chi connectivity index (χ0) is 11.2.